The van der Waals surface area contributed by atoms with Crippen LogP contribution in [0.4, 0.5) is 0 Å². The summed E-state index contributed by atoms with van der Waals surface area (Å²) in [5.74, 6) is 0. The van der Waals surface area contributed by atoms with Crippen molar-refractivity contribution in [2.24, 2.45) is 0 Å². The molecule has 0 aliphatic carbocycles. The van der Waals surface area contributed by atoms with Gasteiger partial charge in [-0.2, -0.15) is 0 Å². The van der Waals surface area contributed by atoms with Gasteiger partial charge in [0.2, 0.25) is 0 Å². The van der Waals surface area contributed by atoms with Gasteiger partial charge in [0.05, 0.1) is 0 Å². The Morgan fingerprint density at radius 1 is 0.464 bits per heavy atom. The third kappa shape index (κ3) is 3.33. The van der Waals surface area contributed by atoms with Crippen LogP contribution < -0.4 is 23.0 Å². The summed E-state index contributed by atoms with van der Waals surface area (Å²) in [5.41, 5.74) is 0.523. The van der Waals surface area contributed by atoms with Gasteiger partial charge >= 0.3 is 169 Å². The van der Waals surface area contributed by atoms with E-state index in [2.05, 4.69) is 78.9 Å². The molecule has 0 aliphatic rings. The van der Waals surface area contributed by atoms with Crippen LogP contribution in [0.1, 0.15) is 0 Å². The summed E-state index contributed by atoms with van der Waals surface area (Å²) < 4.78 is 5.10. The molecule has 0 aliphatic heterocycles. The first-order valence-corrected chi connectivity index (χ1v) is 13.6. The van der Waals surface area contributed by atoms with Gasteiger partial charge in [-0.1, -0.05) is 0 Å². The molecule has 0 aromatic heterocycles. The zero-order valence-electron chi connectivity index (χ0n) is 15.4. The normalized spacial score (nSPS) is 11.2. The van der Waals surface area contributed by atoms with Gasteiger partial charge in [-0.3, -0.25) is 0 Å². The molecule has 0 saturated heterocycles. The zero-order chi connectivity index (χ0) is 19.4. The molecule has 136 valence electrons. The SMILES string of the molecule is OB(O)c1ccc[c]([Ge]([c]2ccccc2)([c]2ccccc2)[c]2ccccc2)c1. The zero-order valence-corrected chi connectivity index (χ0v) is 17.5. The molecule has 0 atom stereocenters. The molecule has 4 aromatic carbocycles. The van der Waals surface area contributed by atoms with Crippen molar-refractivity contribution in [3.63, 3.8) is 0 Å². The van der Waals surface area contributed by atoms with Crippen LogP contribution in [-0.4, -0.2) is 30.4 Å². The van der Waals surface area contributed by atoms with Gasteiger partial charge in [-0.25, -0.2) is 0 Å². The van der Waals surface area contributed by atoms with Gasteiger partial charge in [0, 0.05) is 0 Å². The minimum atomic E-state index is -3.31. The molecule has 0 amide bonds. The van der Waals surface area contributed by atoms with Crippen LogP contribution in [0.5, 0.6) is 0 Å². The summed E-state index contributed by atoms with van der Waals surface area (Å²) >= 11 is -3.31. The van der Waals surface area contributed by atoms with E-state index in [9.17, 15) is 10.0 Å². The maximum atomic E-state index is 9.80. The fourth-order valence-electron chi connectivity index (χ4n) is 4.00. The van der Waals surface area contributed by atoms with Crippen molar-refractivity contribution >= 4 is 43.4 Å². The van der Waals surface area contributed by atoms with Crippen molar-refractivity contribution in [1.29, 1.82) is 0 Å². The summed E-state index contributed by atoms with van der Waals surface area (Å²) in [6.45, 7) is 0. The summed E-state index contributed by atoms with van der Waals surface area (Å²) in [5, 5.41) is 19.6. The maximum absolute atomic E-state index is 9.80. The standard InChI is InChI=1S/C24H21BGeO2/c27-25(28)20-11-10-18-24(19-20)26(21-12-4-1-5-13-21,22-14-6-2-7-15-22)23-16-8-3-9-17-23/h1-19,27-28H. The van der Waals surface area contributed by atoms with E-state index in [1.807, 2.05) is 30.3 Å². The van der Waals surface area contributed by atoms with E-state index in [-0.39, 0.29) is 0 Å². The molecule has 4 rings (SSSR count). The van der Waals surface area contributed by atoms with Crippen LogP contribution in [0, 0.1) is 0 Å². The summed E-state index contributed by atoms with van der Waals surface area (Å²) in [6.07, 6.45) is 0. The van der Waals surface area contributed by atoms with Crippen LogP contribution in [0.3, 0.4) is 0 Å². The topological polar surface area (TPSA) is 40.5 Å². The predicted octanol–water partition coefficient (Wildman–Crippen LogP) is 0.744. The van der Waals surface area contributed by atoms with Crippen molar-refractivity contribution in [3.05, 3.63) is 115 Å². The molecule has 0 fully saturated rings. The first-order valence-electron chi connectivity index (χ1n) is 9.36. The Balaban J connectivity index is 2.12. The van der Waals surface area contributed by atoms with Crippen LogP contribution in [0.25, 0.3) is 0 Å². The van der Waals surface area contributed by atoms with Crippen molar-refractivity contribution in [2.75, 3.05) is 0 Å². The van der Waals surface area contributed by atoms with E-state index in [1.165, 1.54) is 17.6 Å². The van der Waals surface area contributed by atoms with E-state index >= 15 is 0 Å². The molecular formula is C24H21BGeO2. The summed E-state index contributed by atoms with van der Waals surface area (Å²) in [6, 6.07) is 39.7. The molecule has 4 heteroatoms. The monoisotopic (exact) mass is 426 g/mol. The van der Waals surface area contributed by atoms with E-state index in [0.717, 1.165) is 0 Å². The van der Waals surface area contributed by atoms with Gasteiger partial charge in [0.15, 0.2) is 0 Å². The summed E-state index contributed by atoms with van der Waals surface area (Å²) in [4.78, 5) is 0. The molecular weight excluding hydrogens is 404 g/mol. The third-order valence-electron chi connectivity index (χ3n) is 5.24. The fourth-order valence-corrected chi connectivity index (χ4v) is 14.1. The van der Waals surface area contributed by atoms with E-state index in [1.54, 1.807) is 6.07 Å². The average Bonchev–Trinajstić information content (AvgIpc) is 2.77. The molecule has 0 bridgehead atoms. The molecule has 0 radical (unpaired) electrons. The Bertz CT molecular complexity index is 941. The summed E-state index contributed by atoms with van der Waals surface area (Å²) in [7, 11) is -1.48. The third-order valence-corrected chi connectivity index (χ3v) is 15.3. The van der Waals surface area contributed by atoms with Crippen molar-refractivity contribution in [1.82, 2.24) is 0 Å². The van der Waals surface area contributed by atoms with Crippen LogP contribution >= 0.6 is 0 Å². The number of hydrogen-bond donors (Lipinski definition) is 2. The molecule has 0 saturated carbocycles. The first-order chi connectivity index (χ1) is 13.7. The molecule has 0 unspecified atom stereocenters. The van der Waals surface area contributed by atoms with Gasteiger partial charge in [0.25, 0.3) is 0 Å². The van der Waals surface area contributed by atoms with E-state index < -0.39 is 20.4 Å². The second-order valence-electron chi connectivity index (χ2n) is 6.85. The minimum absolute atomic E-state index is 0.523. The van der Waals surface area contributed by atoms with E-state index in [0.29, 0.717) is 5.46 Å². The van der Waals surface area contributed by atoms with Gasteiger partial charge in [-0.05, 0) is 0 Å². The van der Waals surface area contributed by atoms with Crippen molar-refractivity contribution in [2.45, 2.75) is 0 Å². The quantitative estimate of drug-likeness (QED) is 0.464. The van der Waals surface area contributed by atoms with Crippen molar-refractivity contribution in [3.8, 4) is 0 Å². The Morgan fingerprint density at radius 2 is 0.857 bits per heavy atom. The van der Waals surface area contributed by atoms with Gasteiger partial charge in [0.1, 0.15) is 0 Å². The molecule has 28 heavy (non-hydrogen) atoms. The predicted molar refractivity (Wildman–Crippen MR) is 120 cm³/mol. The number of benzene rings is 4. The van der Waals surface area contributed by atoms with Gasteiger partial charge < -0.3 is 0 Å². The van der Waals surface area contributed by atoms with E-state index in [4.69, 9.17) is 0 Å². The Kier molecular flexibility index (Phi) is 5.49. The Morgan fingerprint density at radius 3 is 1.25 bits per heavy atom. The second-order valence-corrected chi connectivity index (χ2v) is 14.8. The van der Waals surface area contributed by atoms with Crippen LogP contribution in [0.2, 0.25) is 0 Å². The number of hydrogen-bond acceptors (Lipinski definition) is 2. The van der Waals surface area contributed by atoms with Crippen LogP contribution in [0.15, 0.2) is 115 Å². The fraction of sp³-hybridized carbons (Fsp3) is 0. The van der Waals surface area contributed by atoms with Gasteiger partial charge in [-0.15, -0.1) is 0 Å². The Hall–Kier alpha value is -2.59. The molecule has 0 heterocycles. The molecule has 4 aromatic rings. The second kappa shape index (κ2) is 8.19. The van der Waals surface area contributed by atoms with Crippen molar-refractivity contribution < 1.29 is 10.0 Å². The first kappa shape index (κ1) is 18.8. The van der Waals surface area contributed by atoms with Crippen LogP contribution in [-0.2, 0) is 0 Å². The Labute approximate surface area is 168 Å². The number of rotatable bonds is 5. The molecule has 2 nitrogen and oxygen atoms in total. The molecule has 2 N–H and O–H groups in total. The average molecular weight is 425 g/mol. The molecule has 0 spiro atoms.